The van der Waals surface area contributed by atoms with Gasteiger partial charge in [-0.3, -0.25) is 4.79 Å². The molecule has 19 heavy (non-hydrogen) atoms. The monoisotopic (exact) mass is 310 g/mol. The lowest BCUT2D eigenvalue weighted by Crippen LogP contribution is -2.40. The number of hydrogen-bond acceptors (Lipinski definition) is 4. The summed E-state index contributed by atoms with van der Waals surface area (Å²) in [6.07, 6.45) is 5.56. The van der Waals surface area contributed by atoms with Crippen LogP contribution in [0.3, 0.4) is 0 Å². The zero-order chi connectivity index (χ0) is 13.0. The van der Waals surface area contributed by atoms with E-state index in [1.807, 2.05) is 0 Å². The highest BCUT2D eigenvalue weighted by atomic mass is 35.5. The average molecular weight is 311 g/mol. The Labute approximate surface area is 121 Å². The molecule has 0 aromatic heterocycles. The number of rotatable bonds is 5. The molecule has 0 spiro atoms. The summed E-state index contributed by atoms with van der Waals surface area (Å²) in [7, 11) is -3.24. The third kappa shape index (κ3) is 4.93. The normalized spacial score (nSPS) is 24.1. The van der Waals surface area contributed by atoms with Crippen molar-refractivity contribution in [1.82, 2.24) is 10.6 Å². The van der Waals surface area contributed by atoms with E-state index in [2.05, 4.69) is 10.6 Å². The molecule has 2 rings (SSSR count). The van der Waals surface area contributed by atoms with Crippen molar-refractivity contribution >= 4 is 28.2 Å². The SMILES string of the molecule is Cl.O=C(CS(=O)(=O)C1CCCC1)NCC1CCCN1. The number of sulfone groups is 1. The molecule has 1 saturated carbocycles. The smallest absolute Gasteiger partial charge is 0.235 e. The van der Waals surface area contributed by atoms with Crippen LogP contribution in [0.5, 0.6) is 0 Å². The van der Waals surface area contributed by atoms with Crippen LogP contribution in [0.25, 0.3) is 0 Å². The summed E-state index contributed by atoms with van der Waals surface area (Å²) >= 11 is 0. The second kappa shape index (κ2) is 7.45. The van der Waals surface area contributed by atoms with Crippen LogP contribution in [-0.4, -0.2) is 44.5 Å². The van der Waals surface area contributed by atoms with E-state index in [1.165, 1.54) is 0 Å². The molecule has 1 saturated heterocycles. The van der Waals surface area contributed by atoms with Gasteiger partial charge in [-0.15, -0.1) is 12.4 Å². The van der Waals surface area contributed by atoms with Crippen molar-refractivity contribution in [3.8, 4) is 0 Å². The largest absolute Gasteiger partial charge is 0.354 e. The second-order valence-corrected chi connectivity index (χ2v) is 7.59. The summed E-state index contributed by atoms with van der Waals surface area (Å²) in [5, 5.41) is 5.70. The number of nitrogens with one attached hydrogen (secondary N) is 2. The number of hydrogen-bond donors (Lipinski definition) is 2. The van der Waals surface area contributed by atoms with Crippen molar-refractivity contribution in [2.75, 3.05) is 18.8 Å². The van der Waals surface area contributed by atoms with Gasteiger partial charge in [0.25, 0.3) is 0 Å². The summed E-state index contributed by atoms with van der Waals surface area (Å²) in [6.45, 7) is 1.53. The first kappa shape index (κ1) is 16.7. The number of amides is 1. The van der Waals surface area contributed by atoms with Crippen LogP contribution in [0.4, 0.5) is 0 Å². The molecule has 0 radical (unpaired) electrons. The van der Waals surface area contributed by atoms with E-state index in [-0.39, 0.29) is 29.3 Å². The van der Waals surface area contributed by atoms with Crippen LogP contribution in [0.15, 0.2) is 0 Å². The molecule has 0 aromatic rings. The highest BCUT2D eigenvalue weighted by molar-refractivity contribution is 7.92. The van der Waals surface area contributed by atoms with Gasteiger partial charge >= 0.3 is 0 Å². The second-order valence-electron chi connectivity index (χ2n) is 5.31. The number of carbonyl (C=O) groups is 1. The molecule has 0 bridgehead atoms. The molecular formula is C12H23ClN2O3S. The maximum Gasteiger partial charge on any atom is 0.235 e. The lowest BCUT2D eigenvalue weighted by atomic mass is 10.2. The van der Waals surface area contributed by atoms with E-state index >= 15 is 0 Å². The van der Waals surface area contributed by atoms with Crippen molar-refractivity contribution in [3.63, 3.8) is 0 Å². The third-order valence-corrected chi connectivity index (χ3v) is 6.00. The molecule has 2 N–H and O–H groups in total. The minimum absolute atomic E-state index is 0. The predicted octanol–water partition coefficient (Wildman–Crippen LogP) is 0.634. The van der Waals surface area contributed by atoms with Crippen LogP contribution >= 0.6 is 12.4 Å². The lowest BCUT2D eigenvalue weighted by molar-refractivity contribution is -0.118. The van der Waals surface area contributed by atoms with Gasteiger partial charge < -0.3 is 10.6 Å². The van der Waals surface area contributed by atoms with Crippen molar-refractivity contribution in [2.24, 2.45) is 0 Å². The quantitative estimate of drug-likeness (QED) is 0.781. The van der Waals surface area contributed by atoms with Gasteiger partial charge in [0.2, 0.25) is 5.91 Å². The Morgan fingerprint density at radius 3 is 2.42 bits per heavy atom. The minimum Gasteiger partial charge on any atom is -0.354 e. The van der Waals surface area contributed by atoms with Gasteiger partial charge in [-0.25, -0.2) is 8.42 Å². The summed E-state index contributed by atoms with van der Waals surface area (Å²) in [5.41, 5.74) is 0. The molecule has 0 aromatic carbocycles. The van der Waals surface area contributed by atoms with E-state index in [9.17, 15) is 13.2 Å². The fraction of sp³-hybridized carbons (Fsp3) is 0.917. The molecular weight excluding hydrogens is 288 g/mol. The van der Waals surface area contributed by atoms with Crippen molar-refractivity contribution < 1.29 is 13.2 Å². The molecule has 5 nitrogen and oxygen atoms in total. The van der Waals surface area contributed by atoms with E-state index in [0.29, 0.717) is 12.6 Å². The molecule has 112 valence electrons. The number of carbonyl (C=O) groups excluding carboxylic acids is 1. The molecule has 2 aliphatic rings. The van der Waals surface area contributed by atoms with Gasteiger partial charge in [-0.2, -0.15) is 0 Å². The average Bonchev–Trinajstić information content (AvgIpc) is 2.99. The Hall–Kier alpha value is -0.330. The van der Waals surface area contributed by atoms with Crippen molar-refractivity contribution in [1.29, 1.82) is 0 Å². The standard InChI is InChI=1S/C12H22N2O3S.ClH/c15-12(14-8-10-4-3-7-13-10)9-18(16,17)11-5-1-2-6-11;/h10-11,13H,1-9H2,(H,14,15);1H. The maximum atomic E-state index is 12.0. The minimum atomic E-state index is -3.24. The fourth-order valence-electron chi connectivity index (χ4n) is 2.77. The molecule has 1 aliphatic heterocycles. The van der Waals surface area contributed by atoms with E-state index in [1.54, 1.807) is 0 Å². The first-order valence-corrected chi connectivity index (χ1v) is 8.51. The van der Waals surface area contributed by atoms with Crippen LogP contribution in [0, 0.1) is 0 Å². The first-order chi connectivity index (χ1) is 8.58. The van der Waals surface area contributed by atoms with E-state index in [0.717, 1.165) is 45.1 Å². The van der Waals surface area contributed by atoms with Crippen molar-refractivity contribution in [2.45, 2.75) is 49.8 Å². The zero-order valence-electron chi connectivity index (χ0n) is 11.1. The topological polar surface area (TPSA) is 75.3 Å². The fourth-order valence-corrected chi connectivity index (χ4v) is 4.52. The maximum absolute atomic E-state index is 12.0. The summed E-state index contributed by atoms with van der Waals surface area (Å²) in [4.78, 5) is 11.7. The van der Waals surface area contributed by atoms with Gasteiger partial charge in [0.1, 0.15) is 5.75 Å². The zero-order valence-corrected chi connectivity index (χ0v) is 12.7. The Balaban J connectivity index is 0.00000180. The Bertz CT molecular complexity index is 388. The molecule has 7 heteroatoms. The van der Waals surface area contributed by atoms with Crippen LogP contribution in [-0.2, 0) is 14.6 Å². The van der Waals surface area contributed by atoms with Gasteiger partial charge in [0, 0.05) is 12.6 Å². The van der Waals surface area contributed by atoms with Gasteiger partial charge in [-0.05, 0) is 32.2 Å². The van der Waals surface area contributed by atoms with E-state index in [4.69, 9.17) is 0 Å². The Kier molecular flexibility index (Phi) is 6.56. The summed E-state index contributed by atoms with van der Waals surface area (Å²) in [6, 6.07) is 0.308. The Morgan fingerprint density at radius 2 is 1.84 bits per heavy atom. The molecule has 1 unspecified atom stereocenters. The van der Waals surface area contributed by atoms with Gasteiger partial charge in [0.05, 0.1) is 5.25 Å². The summed E-state index contributed by atoms with van der Waals surface area (Å²) in [5.74, 6) is -0.694. The van der Waals surface area contributed by atoms with Gasteiger partial charge in [0.15, 0.2) is 9.84 Å². The Morgan fingerprint density at radius 1 is 1.16 bits per heavy atom. The summed E-state index contributed by atoms with van der Waals surface area (Å²) < 4.78 is 23.9. The van der Waals surface area contributed by atoms with E-state index < -0.39 is 9.84 Å². The molecule has 1 atom stereocenters. The highest BCUT2D eigenvalue weighted by Gasteiger charge is 2.30. The third-order valence-electron chi connectivity index (χ3n) is 3.85. The molecule has 2 fully saturated rings. The van der Waals surface area contributed by atoms with Crippen LogP contribution < -0.4 is 10.6 Å². The predicted molar refractivity (Wildman–Crippen MR) is 77.3 cm³/mol. The highest BCUT2D eigenvalue weighted by Crippen LogP contribution is 2.25. The molecule has 1 amide bonds. The van der Waals surface area contributed by atoms with Crippen molar-refractivity contribution in [3.05, 3.63) is 0 Å². The number of halogens is 1. The van der Waals surface area contributed by atoms with Crippen LogP contribution in [0.2, 0.25) is 0 Å². The first-order valence-electron chi connectivity index (χ1n) is 6.79. The molecule has 1 heterocycles. The lowest BCUT2D eigenvalue weighted by Gasteiger charge is -2.13. The molecule has 1 aliphatic carbocycles. The van der Waals surface area contributed by atoms with Gasteiger partial charge in [-0.1, -0.05) is 12.8 Å². The van der Waals surface area contributed by atoms with Crippen LogP contribution in [0.1, 0.15) is 38.5 Å².